The first-order valence-corrected chi connectivity index (χ1v) is 12.7. The summed E-state index contributed by atoms with van der Waals surface area (Å²) in [6.45, 7) is 9.68. The Labute approximate surface area is 215 Å². The van der Waals surface area contributed by atoms with Crippen LogP contribution in [0.3, 0.4) is 0 Å². The van der Waals surface area contributed by atoms with Crippen molar-refractivity contribution in [3.63, 3.8) is 0 Å². The Morgan fingerprint density at radius 2 is 1.69 bits per heavy atom. The predicted octanol–water partition coefficient (Wildman–Crippen LogP) is 5.02. The van der Waals surface area contributed by atoms with Gasteiger partial charge in [-0.2, -0.15) is 0 Å². The van der Waals surface area contributed by atoms with Gasteiger partial charge in [0.15, 0.2) is 0 Å². The van der Waals surface area contributed by atoms with Gasteiger partial charge >= 0.3 is 12.1 Å². The molecule has 0 radical (unpaired) electrons. The van der Waals surface area contributed by atoms with E-state index in [1.165, 1.54) is 7.11 Å². The molecule has 0 saturated heterocycles. The van der Waals surface area contributed by atoms with Gasteiger partial charge in [0.05, 0.1) is 20.3 Å². The molecule has 1 aromatic carbocycles. The second-order valence-electron chi connectivity index (χ2n) is 10.2. The van der Waals surface area contributed by atoms with E-state index in [2.05, 4.69) is 5.32 Å². The van der Waals surface area contributed by atoms with Crippen molar-refractivity contribution in [1.82, 2.24) is 5.32 Å². The molecule has 0 bridgehead atoms. The molecule has 1 rings (SSSR count). The molecule has 0 aliphatic rings. The van der Waals surface area contributed by atoms with Crippen LogP contribution in [0.2, 0.25) is 0 Å². The molecule has 1 aromatic rings. The fraction of sp³-hybridized carbons (Fsp3) is 0.643. The third kappa shape index (κ3) is 12.8. The largest absolute Gasteiger partial charge is 0.469 e. The summed E-state index contributed by atoms with van der Waals surface area (Å²) < 4.78 is 16.0. The van der Waals surface area contributed by atoms with Crippen LogP contribution in [0, 0.1) is 11.8 Å². The Morgan fingerprint density at radius 1 is 1.03 bits per heavy atom. The molecule has 0 aromatic heterocycles. The second-order valence-corrected chi connectivity index (χ2v) is 10.2. The molecule has 0 aliphatic heterocycles. The number of carbonyl (C=O) groups excluding carboxylic acids is 4. The standard InChI is InChI=1S/C28H43NO7/c1-7-8-14-22(30)15-16-23(29-27(33)36-28(3,4)5)26(24(31)17-25(32)34-6)20(2)18-35-19-21-12-10-9-11-13-21/h9-13,20,23,26H,7-8,14-19H2,1-6H3,(H,29,33)/t20-,23+,26-/m1/s1. The van der Waals surface area contributed by atoms with Crippen molar-refractivity contribution in [2.75, 3.05) is 13.7 Å². The highest BCUT2D eigenvalue weighted by Gasteiger charge is 2.36. The van der Waals surface area contributed by atoms with Crippen molar-refractivity contribution >= 4 is 23.6 Å². The molecule has 0 saturated carbocycles. The van der Waals surface area contributed by atoms with Gasteiger partial charge in [-0.05, 0) is 45.1 Å². The lowest BCUT2D eigenvalue weighted by atomic mass is 9.80. The SMILES string of the molecule is CCCCC(=O)CC[C@H](NC(=O)OC(C)(C)C)[C@H](C(=O)CC(=O)OC)[C@H](C)COCc1ccccc1. The van der Waals surface area contributed by atoms with E-state index in [1.807, 2.05) is 44.2 Å². The summed E-state index contributed by atoms with van der Waals surface area (Å²) >= 11 is 0. The summed E-state index contributed by atoms with van der Waals surface area (Å²) in [6.07, 6.45) is 1.50. The van der Waals surface area contributed by atoms with Crippen LogP contribution in [0.25, 0.3) is 0 Å². The second kappa shape index (κ2) is 16.1. The van der Waals surface area contributed by atoms with Gasteiger partial charge in [0.1, 0.15) is 23.6 Å². The van der Waals surface area contributed by atoms with Gasteiger partial charge in [-0.15, -0.1) is 0 Å². The number of ketones is 2. The van der Waals surface area contributed by atoms with E-state index in [1.54, 1.807) is 20.8 Å². The van der Waals surface area contributed by atoms with Gasteiger partial charge in [-0.25, -0.2) is 4.79 Å². The van der Waals surface area contributed by atoms with Crippen molar-refractivity contribution in [3.05, 3.63) is 35.9 Å². The zero-order valence-electron chi connectivity index (χ0n) is 22.6. The van der Waals surface area contributed by atoms with Crippen molar-refractivity contribution in [1.29, 1.82) is 0 Å². The van der Waals surface area contributed by atoms with E-state index in [4.69, 9.17) is 14.2 Å². The Morgan fingerprint density at radius 3 is 2.28 bits per heavy atom. The summed E-state index contributed by atoms with van der Waals surface area (Å²) in [7, 11) is 1.22. The minimum atomic E-state index is -0.772. The van der Waals surface area contributed by atoms with E-state index in [0.29, 0.717) is 13.0 Å². The Hall–Kier alpha value is -2.74. The molecule has 3 atom stereocenters. The zero-order valence-corrected chi connectivity index (χ0v) is 22.6. The number of amides is 1. The van der Waals surface area contributed by atoms with Crippen LogP contribution in [0.15, 0.2) is 30.3 Å². The van der Waals surface area contributed by atoms with Crippen molar-refractivity contribution in [2.24, 2.45) is 11.8 Å². The third-order valence-electron chi connectivity index (χ3n) is 5.70. The number of nitrogens with one attached hydrogen (secondary N) is 1. The maximum absolute atomic E-state index is 13.3. The first-order chi connectivity index (χ1) is 17.0. The minimum absolute atomic E-state index is 0.0694. The van der Waals surface area contributed by atoms with Crippen LogP contribution in [0.4, 0.5) is 4.79 Å². The number of rotatable bonds is 16. The zero-order chi connectivity index (χ0) is 27.1. The lowest BCUT2D eigenvalue weighted by Crippen LogP contribution is -2.48. The van der Waals surface area contributed by atoms with Crippen LogP contribution < -0.4 is 5.32 Å². The van der Waals surface area contributed by atoms with Gasteiger partial charge in [-0.3, -0.25) is 14.4 Å². The lowest BCUT2D eigenvalue weighted by Gasteiger charge is -2.32. The van der Waals surface area contributed by atoms with Gasteiger partial charge in [-0.1, -0.05) is 50.6 Å². The van der Waals surface area contributed by atoms with E-state index < -0.39 is 36.0 Å². The maximum atomic E-state index is 13.3. The molecule has 1 amide bonds. The lowest BCUT2D eigenvalue weighted by molar-refractivity contribution is -0.145. The van der Waals surface area contributed by atoms with Crippen LogP contribution in [-0.4, -0.2) is 49.0 Å². The van der Waals surface area contributed by atoms with Crippen LogP contribution >= 0.6 is 0 Å². The first kappa shape index (κ1) is 31.3. The van der Waals surface area contributed by atoms with E-state index in [9.17, 15) is 19.2 Å². The number of ether oxygens (including phenoxy) is 3. The highest BCUT2D eigenvalue weighted by atomic mass is 16.6. The maximum Gasteiger partial charge on any atom is 0.407 e. The van der Waals surface area contributed by atoms with Gasteiger partial charge < -0.3 is 19.5 Å². The van der Waals surface area contributed by atoms with Crippen LogP contribution in [0.5, 0.6) is 0 Å². The van der Waals surface area contributed by atoms with Gasteiger partial charge in [0.2, 0.25) is 0 Å². The highest BCUT2D eigenvalue weighted by Crippen LogP contribution is 2.25. The number of hydrogen-bond acceptors (Lipinski definition) is 7. The van der Waals surface area contributed by atoms with Crippen molar-refractivity contribution in [3.8, 4) is 0 Å². The molecule has 0 heterocycles. The normalized spacial score (nSPS) is 13.8. The van der Waals surface area contributed by atoms with Gasteiger partial charge in [0.25, 0.3) is 0 Å². The number of alkyl carbamates (subject to hydrolysis) is 1. The molecule has 0 spiro atoms. The fourth-order valence-electron chi connectivity index (χ4n) is 3.93. The number of hydrogen-bond donors (Lipinski definition) is 1. The smallest absolute Gasteiger partial charge is 0.407 e. The summed E-state index contributed by atoms with van der Waals surface area (Å²) in [5, 5.41) is 2.80. The molecule has 8 heteroatoms. The number of benzene rings is 1. The molecule has 0 aliphatic carbocycles. The Balaban J connectivity index is 3.09. The molecule has 0 unspecified atom stereocenters. The fourth-order valence-corrected chi connectivity index (χ4v) is 3.93. The first-order valence-electron chi connectivity index (χ1n) is 12.7. The topological polar surface area (TPSA) is 108 Å². The molecular weight excluding hydrogens is 462 g/mol. The molecular formula is C28H43NO7. The average Bonchev–Trinajstić information content (AvgIpc) is 2.80. The monoisotopic (exact) mass is 505 g/mol. The predicted molar refractivity (Wildman–Crippen MR) is 137 cm³/mol. The summed E-state index contributed by atoms with van der Waals surface area (Å²) in [6, 6.07) is 8.93. The molecule has 0 fully saturated rings. The van der Waals surface area contributed by atoms with E-state index in [0.717, 1.165) is 18.4 Å². The van der Waals surface area contributed by atoms with E-state index in [-0.39, 0.29) is 36.9 Å². The quantitative estimate of drug-likeness (QED) is 0.248. The van der Waals surface area contributed by atoms with E-state index >= 15 is 0 Å². The van der Waals surface area contributed by atoms with Crippen molar-refractivity contribution < 1.29 is 33.4 Å². The molecule has 1 N–H and O–H groups in total. The minimum Gasteiger partial charge on any atom is -0.469 e. The average molecular weight is 506 g/mol. The molecule has 8 nitrogen and oxygen atoms in total. The number of esters is 1. The number of carbonyl (C=O) groups is 4. The number of methoxy groups -OCH3 is 1. The molecule has 36 heavy (non-hydrogen) atoms. The van der Waals surface area contributed by atoms with Crippen molar-refractivity contribution in [2.45, 2.75) is 91.4 Å². The summed E-state index contributed by atoms with van der Waals surface area (Å²) in [5.41, 5.74) is 0.258. The Kier molecular flexibility index (Phi) is 14.0. The summed E-state index contributed by atoms with van der Waals surface area (Å²) in [5.74, 6) is -2.08. The van der Waals surface area contributed by atoms with Gasteiger partial charge in [0, 0.05) is 24.8 Å². The number of unbranched alkanes of at least 4 members (excludes halogenated alkanes) is 1. The Bertz CT molecular complexity index is 832. The number of Topliss-reactive ketones (excluding diaryl/α,β-unsaturated/α-hetero) is 2. The molecule has 202 valence electrons. The highest BCUT2D eigenvalue weighted by molar-refractivity contribution is 5.97. The van der Waals surface area contributed by atoms with Crippen LogP contribution in [0.1, 0.15) is 78.7 Å². The van der Waals surface area contributed by atoms with Crippen LogP contribution in [-0.2, 0) is 35.2 Å². The summed E-state index contributed by atoms with van der Waals surface area (Å²) in [4.78, 5) is 50.3. The third-order valence-corrected chi connectivity index (χ3v) is 5.70.